The van der Waals surface area contributed by atoms with Crippen molar-refractivity contribution in [1.29, 1.82) is 0 Å². The number of para-hydroxylation sites is 1. The van der Waals surface area contributed by atoms with Gasteiger partial charge in [-0.3, -0.25) is 4.79 Å². The SMILES string of the molecule is CCc1cccc(CC)c1N1C(=O)CNC2CS(=O)(=O)CC21. The minimum absolute atomic E-state index is 0.0334. The third-order valence-electron chi connectivity index (χ3n) is 4.64. The first kappa shape index (κ1) is 15.5. The van der Waals surface area contributed by atoms with Crippen LogP contribution < -0.4 is 10.2 Å². The summed E-state index contributed by atoms with van der Waals surface area (Å²) in [6, 6.07) is 5.63. The highest BCUT2D eigenvalue weighted by Crippen LogP contribution is 2.33. The number of rotatable bonds is 3. The normalized spacial score (nSPS) is 27.0. The van der Waals surface area contributed by atoms with E-state index in [1.165, 1.54) is 0 Å². The van der Waals surface area contributed by atoms with Crippen LogP contribution in [0.1, 0.15) is 25.0 Å². The van der Waals surface area contributed by atoms with Crippen molar-refractivity contribution < 1.29 is 13.2 Å². The highest BCUT2D eigenvalue weighted by molar-refractivity contribution is 7.91. The molecular weight excluding hydrogens is 300 g/mol. The molecule has 120 valence electrons. The van der Waals surface area contributed by atoms with E-state index in [-0.39, 0.29) is 36.0 Å². The molecule has 2 fully saturated rings. The number of nitrogens with one attached hydrogen (secondary N) is 1. The van der Waals surface area contributed by atoms with Crippen LogP contribution in [0.25, 0.3) is 0 Å². The molecule has 0 aromatic heterocycles. The van der Waals surface area contributed by atoms with Gasteiger partial charge in [0.05, 0.1) is 29.8 Å². The Balaban J connectivity index is 2.11. The van der Waals surface area contributed by atoms with Gasteiger partial charge in [-0.05, 0) is 24.0 Å². The Hall–Kier alpha value is -1.40. The molecule has 1 amide bonds. The molecular formula is C16H22N2O3S. The second kappa shape index (κ2) is 5.66. The lowest BCUT2D eigenvalue weighted by atomic mass is 9.97. The van der Waals surface area contributed by atoms with Crippen LogP contribution >= 0.6 is 0 Å². The van der Waals surface area contributed by atoms with E-state index in [1.807, 2.05) is 18.2 Å². The van der Waals surface area contributed by atoms with Gasteiger partial charge in [0.15, 0.2) is 9.84 Å². The summed E-state index contributed by atoms with van der Waals surface area (Å²) in [5.41, 5.74) is 3.15. The molecule has 22 heavy (non-hydrogen) atoms. The molecule has 2 heterocycles. The first-order valence-corrected chi connectivity index (χ1v) is 9.65. The van der Waals surface area contributed by atoms with E-state index in [9.17, 15) is 13.2 Å². The van der Waals surface area contributed by atoms with Gasteiger partial charge in [0.25, 0.3) is 0 Å². The van der Waals surface area contributed by atoms with Gasteiger partial charge in [-0.2, -0.15) is 0 Å². The van der Waals surface area contributed by atoms with Gasteiger partial charge in [-0.15, -0.1) is 0 Å². The van der Waals surface area contributed by atoms with E-state index >= 15 is 0 Å². The summed E-state index contributed by atoms with van der Waals surface area (Å²) in [7, 11) is -3.09. The zero-order chi connectivity index (χ0) is 15.9. The monoisotopic (exact) mass is 322 g/mol. The van der Waals surface area contributed by atoms with Gasteiger partial charge in [0.2, 0.25) is 5.91 Å². The zero-order valence-electron chi connectivity index (χ0n) is 13.0. The summed E-state index contributed by atoms with van der Waals surface area (Å²) in [5.74, 6) is 0.142. The summed E-state index contributed by atoms with van der Waals surface area (Å²) in [5, 5.41) is 3.09. The predicted octanol–water partition coefficient (Wildman–Crippen LogP) is 0.913. The molecule has 2 aliphatic rings. The molecule has 0 bridgehead atoms. The predicted molar refractivity (Wildman–Crippen MR) is 86.9 cm³/mol. The smallest absolute Gasteiger partial charge is 0.241 e. The number of hydrogen-bond acceptors (Lipinski definition) is 4. The van der Waals surface area contributed by atoms with Crippen LogP contribution in [0.5, 0.6) is 0 Å². The van der Waals surface area contributed by atoms with Crippen molar-refractivity contribution in [3.8, 4) is 0 Å². The highest BCUT2D eigenvalue weighted by Gasteiger charge is 2.46. The lowest BCUT2D eigenvalue weighted by molar-refractivity contribution is -0.119. The van der Waals surface area contributed by atoms with E-state index in [4.69, 9.17) is 0 Å². The Kier molecular flexibility index (Phi) is 3.99. The van der Waals surface area contributed by atoms with Gasteiger partial charge in [0.1, 0.15) is 0 Å². The van der Waals surface area contributed by atoms with Crippen molar-refractivity contribution >= 4 is 21.4 Å². The number of aryl methyl sites for hydroxylation is 2. The van der Waals surface area contributed by atoms with E-state index in [1.54, 1.807) is 4.90 Å². The highest BCUT2D eigenvalue weighted by atomic mass is 32.2. The lowest BCUT2D eigenvalue weighted by Crippen LogP contribution is -2.61. The van der Waals surface area contributed by atoms with Crippen LogP contribution in [-0.2, 0) is 27.5 Å². The van der Waals surface area contributed by atoms with Crippen LogP contribution in [0.2, 0.25) is 0 Å². The molecule has 0 radical (unpaired) electrons. The van der Waals surface area contributed by atoms with Crippen LogP contribution in [0.3, 0.4) is 0 Å². The first-order chi connectivity index (χ1) is 10.5. The molecule has 3 rings (SSSR count). The molecule has 0 spiro atoms. The Bertz CT molecular complexity index is 677. The van der Waals surface area contributed by atoms with Gasteiger partial charge in [-0.1, -0.05) is 32.0 Å². The van der Waals surface area contributed by atoms with Crippen LogP contribution in [0.4, 0.5) is 5.69 Å². The molecule has 0 aliphatic carbocycles. The quantitative estimate of drug-likeness (QED) is 0.898. The first-order valence-electron chi connectivity index (χ1n) is 7.83. The summed E-state index contributed by atoms with van der Waals surface area (Å²) in [6.07, 6.45) is 1.65. The van der Waals surface area contributed by atoms with Crippen molar-refractivity contribution in [3.63, 3.8) is 0 Å². The van der Waals surface area contributed by atoms with Crippen molar-refractivity contribution in [2.45, 2.75) is 38.8 Å². The van der Waals surface area contributed by atoms with Crippen LogP contribution in [0.15, 0.2) is 18.2 Å². The molecule has 2 unspecified atom stereocenters. The standard InChI is InChI=1S/C16H22N2O3S/c1-3-11-6-5-7-12(4-2)16(11)18-14-10-22(20,21)9-13(14)17-8-15(18)19/h5-7,13-14,17H,3-4,8-10H2,1-2H3. The molecule has 6 heteroatoms. The van der Waals surface area contributed by atoms with Crippen molar-refractivity contribution in [3.05, 3.63) is 29.3 Å². The molecule has 2 aliphatic heterocycles. The van der Waals surface area contributed by atoms with Gasteiger partial charge in [-0.25, -0.2) is 8.42 Å². The maximum absolute atomic E-state index is 12.6. The van der Waals surface area contributed by atoms with Gasteiger partial charge in [0, 0.05) is 6.04 Å². The van der Waals surface area contributed by atoms with Crippen LogP contribution in [0, 0.1) is 0 Å². The fourth-order valence-electron chi connectivity index (χ4n) is 3.58. The van der Waals surface area contributed by atoms with E-state index in [2.05, 4.69) is 19.2 Å². The van der Waals surface area contributed by atoms with Crippen molar-refractivity contribution in [2.75, 3.05) is 23.0 Å². The number of amides is 1. The number of hydrogen-bond donors (Lipinski definition) is 1. The lowest BCUT2D eigenvalue weighted by Gasteiger charge is -2.39. The van der Waals surface area contributed by atoms with Crippen molar-refractivity contribution in [1.82, 2.24) is 5.32 Å². The number of carbonyl (C=O) groups is 1. The van der Waals surface area contributed by atoms with E-state index < -0.39 is 9.84 Å². The molecule has 0 saturated carbocycles. The number of benzene rings is 1. The Morgan fingerprint density at radius 1 is 1.18 bits per heavy atom. The van der Waals surface area contributed by atoms with E-state index in [0.29, 0.717) is 0 Å². The second-order valence-corrected chi connectivity index (χ2v) is 8.18. The fraction of sp³-hybridized carbons (Fsp3) is 0.562. The number of sulfone groups is 1. The second-order valence-electron chi connectivity index (χ2n) is 6.03. The fourth-order valence-corrected chi connectivity index (χ4v) is 5.51. The third-order valence-corrected chi connectivity index (χ3v) is 6.36. The Labute approximate surface area is 131 Å². The van der Waals surface area contributed by atoms with Gasteiger partial charge < -0.3 is 10.2 Å². The topological polar surface area (TPSA) is 66.5 Å². The van der Waals surface area contributed by atoms with Gasteiger partial charge >= 0.3 is 0 Å². The maximum atomic E-state index is 12.6. The summed E-state index contributed by atoms with van der Waals surface area (Å²) in [4.78, 5) is 14.3. The Morgan fingerprint density at radius 2 is 1.82 bits per heavy atom. The average Bonchev–Trinajstić information content (AvgIpc) is 2.81. The minimum atomic E-state index is -3.09. The summed E-state index contributed by atoms with van der Waals surface area (Å²) >= 11 is 0. The molecule has 1 aromatic rings. The number of piperazine rings is 1. The number of fused-ring (bicyclic) bond motifs is 1. The molecule has 2 saturated heterocycles. The number of nitrogens with zero attached hydrogens (tertiary/aromatic N) is 1. The number of anilines is 1. The Morgan fingerprint density at radius 3 is 2.41 bits per heavy atom. The molecule has 1 aromatic carbocycles. The maximum Gasteiger partial charge on any atom is 0.241 e. The third kappa shape index (κ3) is 2.54. The molecule has 1 N–H and O–H groups in total. The van der Waals surface area contributed by atoms with E-state index in [0.717, 1.165) is 29.7 Å². The summed E-state index contributed by atoms with van der Waals surface area (Å²) in [6.45, 7) is 4.33. The minimum Gasteiger partial charge on any atom is -0.305 e. The van der Waals surface area contributed by atoms with Crippen molar-refractivity contribution in [2.24, 2.45) is 0 Å². The average molecular weight is 322 g/mol. The number of carbonyl (C=O) groups excluding carboxylic acids is 1. The molecule has 5 nitrogen and oxygen atoms in total. The largest absolute Gasteiger partial charge is 0.305 e. The summed E-state index contributed by atoms with van der Waals surface area (Å²) < 4.78 is 24.0. The molecule has 2 atom stereocenters. The zero-order valence-corrected chi connectivity index (χ0v) is 13.8. The van der Waals surface area contributed by atoms with Crippen LogP contribution in [-0.4, -0.2) is 44.5 Å².